The van der Waals surface area contributed by atoms with Crippen molar-refractivity contribution in [3.05, 3.63) is 75.8 Å². The molecule has 1 amide bonds. The number of carbonyl (C=O) groups excluding carboxylic acids is 1. The van der Waals surface area contributed by atoms with E-state index in [2.05, 4.69) is 10.3 Å². The fourth-order valence-corrected chi connectivity index (χ4v) is 4.51. The molecule has 0 aliphatic carbocycles. The van der Waals surface area contributed by atoms with Crippen LogP contribution in [0.2, 0.25) is 10.0 Å². The Kier molecular flexibility index (Phi) is 5.95. The summed E-state index contributed by atoms with van der Waals surface area (Å²) in [5.74, 6) is 0.321. The molecule has 0 fully saturated rings. The van der Waals surface area contributed by atoms with Crippen molar-refractivity contribution in [2.24, 2.45) is 0 Å². The second-order valence-electron chi connectivity index (χ2n) is 6.88. The Hall–Kier alpha value is -2.60. The molecule has 0 bridgehead atoms. The van der Waals surface area contributed by atoms with Gasteiger partial charge in [-0.05, 0) is 61.4 Å². The number of benzene rings is 3. The first-order valence-corrected chi connectivity index (χ1v) is 10.8. The summed E-state index contributed by atoms with van der Waals surface area (Å²) in [5.41, 5.74) is 4.29. The Morgan fingerprint density at radius 2 is 1.87 bits per heavy atom. The molecule has 152 valence electrons. The number of aromatic nitrogens is 1. The molecular formula is C23H18Cl2N2O2S. The highest BCUT2D eigenvalue weighted by Crippen LogP contribution is 2.40. The van der Waals surface area contributed by atoms with Gasteiger partial charge in [-0.25, -0.2) is 4.98 Å². The molecule has 0 unspecified atom stereocenters. The number of carbonyl (C=O) groups is 1. The van der Waals surface area contributed by atoms with E-state index >= 15 is 0 Å². The van der Waals surface area contributed by atoms with E-state index in [4.69, 9.17) is 27.9 Å². The lowest BCUT2D eigenvalue weighted by Crippen LogP contribution is -2.20. The third-order valence-electron chi connectivity index (χ3n) is 4.69. The van der Waals surface area contributed by atoms with Crippen LogP contribution in [-0.2, 0) is 4.79 Å². The minimum atomic E-state index is -0.320. The fourth-order valence-electron chi connectivity index (χ4n) is 2.98. The van der Waals surface area contributed by atoms with Gasteiger partial charge >= 0.3 is 0 Å². The van der Waals surface area contributed by atoms with Gasteiger partial charge in [0.15, 0.2) is 6.61 Å². The monoisotopic (exact) mass is 456 g/mol. The lowest BCUT2D eigenvalue weighted by atomic mass is 10.1. The van der Waals surface area contributed by atoms with Gasteiger partial charge in [0.05, 0.1) is 20.9 Å². The van der Waals surface area contributed by atoms with Crippen molar-refractivity contribution in [1.82, 2.24) is 4.98 Å². The van der Waals surface area contributed by atoms with E-state index in [1.807, 2.05) is 56.3 Å². The summed E-state index contributed by atoms with van der Waals surface area (Å²) < 4.78 is 6.68. The Morgan fingerprint density at radius 1 is 1.07 bits per heavy atom. The summed E-state index contributed by atoms with van der Waals surface area (Å²) in [7, 11) is 0. The third-order valence-corrected chi connectivity index (χ3v) is 6.28. The molecule has 0 saturated carbocycles. The maximum Gasteiger partial charge on any atom is 0.262 e. The lowest BCUT2D eigenvalue weighted by Gasteiger charge is -2.13. The van der Waals surface area contributed by atoms with E-state index in [0.29, 0.717) is 27.0 Å². The zero-order valence-corrected chi connectivity index (χ0v) is 18.7. The number of rotatable bonds is 5. The van der Waals surface area contributed by atoms with Gasteiger partial charge in [-0.1, -0.05) is 41.4 Å². The zero-order chi connectivity index (χ0) is 21.3. The molecule has 0 aliphatic heterocycles. The Morgan fingerprint density at radius 3 is 2.63 bits per heavy atom. The van der Waals surface area contributed by atoms with Crippen molar-refractivity contribution in [1.29, 1.82) is 0 Å². The zero-order valence-electron chi connectivity index (χ0n) is 16.3. The molecule has 0 saturated heterocycles. The number of aryl methyl sites for hydroxylation is 2. The average molecular weight is 457 g/mol. The van der Waals surface area contributed by atoms with Crippen LogP contribution >= 0.6 is 34.5 Å². The highest BCUT2D eigenvalue weighted by Gasteiger charge is 2.17. The number of amides is 1. The molecule has 0 aliphatic rings. The van der Waals surface area contributed by atoms with Gasteiger partial charge in [0.1, 0.15) is 10.8 Å². The molecule has 1 N–H and O–H groups in total. The van der Waals surface area contributed by atoms with E-state index in [9.17, 15) is 4.79 Å². The Bertz CT molecular complexity index is 1220. The van der Waals surface area contributed by atoms with Crippen LogP contribution in [0.15, 0.2) is 54.6 Å². The summed E-state index contributed by atoms with van der Waals surface area (Å²) in [4.78, 5) is 17.2. The third kappa shape index (κ3) is 4.43. The van der Waals surface area contributed by atoms with Crippen molar-refractivity contribution in [2.75, 3.05) is 11.9 Å². The van der Waals surface area contributed by atoms with Crippen LogP contribution in [0.3, 0.4) is 0 Å². The van der Waals surface area contributed by atoms with Crippen LogP contribution in [0, 0.1) is 13.8 Å². The molecule has 4 aromatic rings. The number of hydrogen-bond donors (Lipinski definition) is 1. The maximum atomic E-state index is 12.6. The topological polar surface area (TPSA) is 51.2 Å². The second kappa shape index (κ2) is 8.64. The predicted octanol–water partition coefficient (Wildman–Crippen LogP) is 6.90. The van der Waals surface area contributed by atoms with Crippen LogP contribution in [0.4, 0.5) is 5.69 Å². The van der Waals surface area contributed by atoms with Crippen molar-refractivity contribution in [3.63, 3.8) is 0 Å². The van der Waals surface area contributed by atoms with Gasteiger partial charge in [0.25, 0.3) is 5.91 Å². The van der Waals surface area contributed by atoms with Gasteiger partial charge in [0, 0.05) is 10.6 Å². The number of nitrogens with one attached hydrogen (secondary N) is 1. The van der Waals surface area contributed by atoms with Gasteiger partial charge in [-0.3, -0.25) is 4.79 Å². The summed E-state index contributed by atoms with van der Waals surface area (Å²) in [5, 5.41) is 4.40. The Labute approximate surface area is 188 Å². The average Bonchev–Trinajstić information content (AvgIpc) is 3.15. The Balaban J connectivity index is 1.58. The molecule has 4 nitrogen and oxygen atoms in total. The normalized spacial score (nSPS) is 10.9. The van der Waals surface area contributed by atoms with Crippen molar-refractivity contribution >= 4 is 56.3 Å². The van der Waals surface area contributed by atoms with E-state index in [0.717, 1.165) is 20.8 Å². The van der Waals surface area contributed by atoms with Crippen molar-refractivity contribution in [2.45, 2.75) is 13.8 Å². The number of halogens is 2. The molecule has 1 heterocycles. The number of fused-ring (bicyclic) bond motifs is 1. The minimum absolute atomic E-state index is 0.138. The molecule has 4 rings (SSSR count). The maximum absolute atomic E-state index is 12.6. The van der Waals surface area contributed by atoms with E-state index in [1.54, 1.807) is 12.1 Å². The van der Waals surface area contributed by atoms with Crippen molar-refractivity contribution < 1.29 is 9.53 Å². The number of nitrogens with zero attached hydrogens (tertiary/aromatic N) is 1. The lowest BCUT2D eigenvalue weighted by molar-refractivity contribution is -0.118. The first kappa shape index (κ1) is 20.7. The van der Waals surface area contributed by atoms with Crippen molar-refractivity contribution in [3.8, 4) is 16.3 Å². The molecule has 7 heteroatoms. The smallest absolute Gasteiger partial charge is 0.262 e. The van der Waals surface area contributed by atoms with Crippen LogP contribution in [0.25, 0.3) is 20.8 Å². The SMILES string of the molecule is Cc1ccc(OCC(=O)Nc2c(Cl)cc(Cl)cc2-c2nc3ccccc3s2)cc1C. The number of thiazole rings is 1. The fraction of sp³-hybridized carbons (Fsp3) is 0.130. The molecular weight excluding hydrogens is 439 g/mol. The first-order valence-electron chi connectivity index (χ1n) is 9.25. The summed E-state index contributed by atoms with van der Waals surface area (Å²) in [6.07, 6.45) is 0. The molecule has 0 atom stereocenters. The van der Waals surface area contributed by atoms with E-state index in [1.165, 1.54) is 16.9 Å². The first-order chi connectivity index (χ1) is 14.4. The van der Waals surface area contributed by atoms with E-state index < -0.39 is 0 Å². The summed E-state index contributed by atoms with van der Waals surface area (Å²) >= 11 is 14.2. The molecule has 30 heavy (non-hydrogen) atoms. The summed E-state index contributed by atoms with van der Waals surface area (Å²) in [6.45, 7) is 3.89. The molecule has 0 radical (unpaired) electrons. The minimum Gasteiger partial charge on any atom is -0.484 e. The van der Waals surface area contributed by atoms with Gasteiger partial charge < -0.3 is 10.1 Å². The largest absolute Gasteiger partial charge is 0.484 e. The molecule has 0 spiro atoms. The van der Waals surface area contributed by atoms with Gasteiger partial charge in [-0.15, -0.1) is 11.3 Å². The van der Waals surface area contributed by atoms with E-state index in [-0.39, 0.29) is 12.5 Å². The summed E-state index contributed by atoms with van der Waals surface area (Å²) in [6, 6.07) is 16.9. The standard InChI is InChI=1S/C23H18Cl2N2O2S/c1-13-7-8-16(9-14(13)2)29-12-21(28)27-22-17(10-15(24)11-18(22)25)23-26-19-5-3-4-6-20(19)30-23/h3-11H,12H2,1-2H3,(H,27,28). The highest BCUT2D eigenvalue weighted by atomic mass is 35.5. The van der Waals surface area contributed by atoms with Crippen LogP contribution in [0.5, 0.6) is 5.75 Å². The molecule has 1 aromatic heterocycles. The number of hydrogen-bond acceptors (Lipinski definition) is 4. The quantitative estimate of drug-likeness (QED) is 0.355. The van der Waals surface area contributed by atoms with Gasteiger partial charge in [0.2, 0.25) is 0 Å². The number of para-hydroxylation sites is 1. The second-order valence-corrected chi connectivity index (χ2v) is 8.75. The number of anilines is 1. The van der Waals surface area contributed by atoms with Crippen LogP contribution in [0.1, 0.15) is 11.1 Å². The van der Waals surface area contributed by atoms with Crippen LogP contribution < -0.4 is 10.1 Å². The number of ether oxygens (including phenoxy) is 1. The van der Waals surface area contributed by atoms with Crippen LogP contribution in [-0.4, -0.2) is 17.5 Å². The predicted molar refractivity (Wildman–Crippen MR) is 125 cm³/mol. The van der Waals surface area contributed by atoms with Gasteiger partial charge in [-0.2, -0.15) is 0 Å². The molecule has 3 aromatic carbocycles. The highest BCUT2D eigenvalue weighted by molar-refractivity contribution is 7.21.